The average Bonchev–Trinajstić information content (AvgIpc) is 2.63. The third-order valence-electron chi connectivity index (χ3n) is 4.72. The Morgan fingerprint density at radius 2 is 1.92 bits per heavy atom. The van der Waals surface area contributed by atoms with Crippen molar-refractivity contribution < 1.29 is 14.3 Å². The highest BCUT2D eigenvalue weighted by atomic mass is 16.6. The van der Waals surface area contributed by atoms with Crippen molar-refractivity contribution in [3.05, 3.63) is 35.9 Å². The van der Waals surface area contributed by atoms with Crippen molar-refractivity contribution in [3.8, 4) is 6.07 Å². The number of amides is 1. The molecule has 1 aliphatic rings. The molecule has 1 aromatic rings. The summed E-state index contributed by atoms with van der Waals surface area (Å²) < 4.78 is 11.1. The minimum Gasteiger partial charge on any atom is -0.447 e. The molecule has 5 nitrogen and oxygen atoms in total. The van der Waals surface area contributed by atoms with E-state index in [1.165, 1.54) is 19.3 Å². The molecule has 142 valence electrons. The Morgan fingerprint density at radius 1 is 1.23 bits per heavy atom. The lowest BCUT2D eigenvalue weighted by Crippen LogP contribution is -2.46. The van der Waals surface area contributed by atoms with Gasteiger partial charge in [0.25, 0.3) is 0 Å². The van der Waals surface area contributed by atoms with Gasteiger partial charge in [0.05, 0.1) is 24.8 Å². The summed E-state index contributed by atoms with van der Waals surface area (Å²) in [5.74, 6) is 0.518. The zero-order valence-corrected chi connectivity index (χ0v) is 15.8. The van der Waals surface area contributed by atoms with E-state index in [2.05, 4.69) is 11.4 Å². The van der Waals surface area contributed by atoms with Crippen LogP contribution in [0.2, 0.25) is 0 Å². The number of hydrogen-bond acceptors (Lipinski definition) is 4. The molecule has 26 heavy (non-hydrogen) atoms. The zero-order valence-electron chi connectivity index (χ0n) is 15.8. The molecular weight excluding hydrogens is 328 g/mol. The van der Waals surface area contributed by atoms with E-state index < -0.39 is 12.2 Å². The first-order chi connectivity index (χ1) is 12.6. The molecule has 1 aliphatic carbocycles. The highest BCUT2D eigenvalue weighted by molar-refractivity contribution is 5.67. The Hall–Kier alpha value is -2.06. The van der Waals surface area contributed by atoms with Crippen LogP contribution in [0.4, 0.5) is 4.79 Å². The van der Waals surface area contributed by atoms with Gasteiger partial charge in [-0.2, -0.15) is 5.26 Å². The number of hydrogen-bond donors (Lipinski definition) is 1. The predicted octanol–water partition coefficient (Wildman–Crippen LogP) is 4.57. The molecule has 0 radical (unpaired) electrons. The molecule has 1 aromatic carbocycles. The molecule has 0 unspecified atom stereocenters. The number of benzene rings is 1. The quantitative estimate of drug-likeness (QED) is 0.739. The van der Waals surface area contributed by atoms with Crippen LogP contribution >= 0.6 is 0 Å². The average molecular weight is 358 g/mol. The molecule has 1 saturated carbocycles. The first-order valence-corrected chi connectivity index (χ1v) is 9.60. The van der Waals surface area contributed by atoms with Gasteiger partial charge in [-0.05, 0) is 31.7 Å². The molecule has 0 spiro atoms. The SMILES string of the molecule is CC(C)OC(=O)N[C@@H](CC1CCCCC1)[C@H](C#N)OCc1ccccc1. The number of rotatable bonds is 8. The van der Waals surface area contributed by atoms with Gasteiger partial charge in [0.1, 0.15) is 0 Å². The van der Waals surface area contributed by atoms with E-state index in [0.29, 0.717) is 12.5 Å². The van der Waals surface area contributed by atoms with Gasteiger partial charge in [0.15, 0.2) is 6.10 Å². The largest absolute Gasteiger partial charge is 0.447 e. The molecule has 1 amide bonds. The first-order valence-electron chi connectivity index (χ1n) is 9.60. The zero-order chi connectivity index (χ0) is 18.8. The van der Waals surface area contributed by atoms with Gasteiger partial charge < -0.3 is 14.8 Å². The van der Waals surface area contributed by atoms with Crippen molar-refractivity contribution in [2.45, 2.75) is 77.2 Å². The number of nitrogens with one attached hydrogen (secondary N) is 1. The molecule has 0 bridgehead atoms. The number of carbonyl (C=O) groups is 1. The van der Waals surface area contributed by atoms with Crippen LogP contribution in [0.1, 0.15) is 57.9 Å². The van der Waals surface area contributed by atoms with Gasteiger partial charge in [0.2, 0.25) is 0 Å². The van der Waals surface area contributed by atoms with Gasteiger partial charge in [-0.25, -0.2) is 4.79 Å². The van der Waals surface area contributed by atoms with Gasteiger partial charge in [-0.1, -0.05) is 62.4 Å². The molecule has 0 saturated heterocycles. The fraction of sp³-hybridized carbons (Fsp3) is 0.619. The highest BCUT2D eigenvalue weighted by Crippen LogP contribution is 2.28. The van der Waals surface area contributed by atoms with Gasteiger partial charge >= 0.3 is 6.09 Å². The van der Waals surface area contributed by atoms with Crippen LogP contribution in [-0.4, -0.2) is 24.3 Å². The van der Waals surface area contributed by atoms with E-state index in [1.807, 2.05) is 44.2 Å². The van der Waals surface area contributed by atoms with Crippen LogP contribution < -0.4 is 5.32 Å². The second-order valence-electron chi connectivity index (χ2n) is 7.29. The minimum absolute atomic E-state index is 0.198. The number of alkyl carbamates (subject to hydrolysis) is 1. The summed E-state index contributed by atoms with van der Waals surface area (Å²) in [6, 6.07) is 11.6. The van der Waals surface area contributed by atoms with E-state index in [1.54, 1.807) is 0 Å². The van der Waals surface area contributed by atoms with E-state index >= 15 is 0 Å². The van der Waals surface area contributed by atoms with Crippen LogP contribution in [0.3, 0.4) is 0 Å². The fourth-order valence-corrected chi connectivity index (χ4v) is 3.44. The lowest BCUT2D eigenvalue weighted by molar-refractivity contribution is 0.0373. The maximum absolute atomic E-state index is 12.1. The summed E-state index contributed by atoms with van der Waals surface area (Å²) in [4.78, 5) is 12.1. The lowest BCUT2D eigenvalue weighted by atomic mass is 9.84. The van der Waals surface area contributed by atoms with Crippen LogP contribution in [0.15, 0.2) is 30.3 Å². The van der Waals surface area contributed by atoms with Crippen molar-refractivity contribution in [1.82, 2.24) is 5.32 Å². The molecule has 0 aliphatic heterocycles. The third-order valence-corrected chi connectivity index (χ3v) is 4.72. The lowest BCUT2D eigenvalue weighted by Gasteiger charge is -2.29. The van der Waals surface area contributed by atoms with Crippen LogP contribution in [0, 0.1) is 17.2 Å². The Labute approximate surface area is 156 Å². The minimum atomic E-state index is -0.697. The predicted molar refractivity (Wildman–Crippen MR) is 100 cm³/mol. The van der Waals surface area contributed by atoms with Crippen molar-refractivity contribution >= 4 is 6.09 Å². The Bertz CT molecular complexity index is 577. The van der Waals surface area contributed by atoms with Crippen LogP contribution in [-0.2, 0) is 16.1 Å². The molecular formula is C21H30N2O3. The Morgan fingerprint density at radius 3 is 2.54 bits per heavy atom. The van der Waals surface area contributed by atoms with Gasteiger partial charge in [-0.3, -0.25) is 0 Å². The molecule has 5 heteroatoms. The molecule has 1 fully saturated rings. The second-order valence-corrected chi connectivity index (χ2v) is 7.29. The third kappa shape index (κ3) is 7.05. The molecule has 0 heterocycles. The monoisotopic (exact) mass is 358 g/mol. The summed E-state index contributed by atoms with van der Waals surface area (Å²) in [5, 5.41) is 12.5. The summed E-state index contributed by atoms with van der Waals surface area (Å²) in [5.41, 5.74) is 1.01. The van der Waals surface area contributed by atoms with Crippen molar-refractivity contribution in [3.63, 3.8) is 0 Å². The standard InChI is InChI=1S/C21H30N2O3/c1-16(2)26-21(24)23-19(13-17-9-5-3-6-10-17)20(14-22)25-15-18-11-7-4-8-12-18/h4,7-8,11-12,16-17,19-20H,3,5-6,9-10,13,15H2,1-2H3,(H,23,24)/t19-,20-/m0/s1. The van der Waals surface area contributed by atoms with E-state index in [-0.39, 0.29) is 12.1 Å². The van der Waals surface area contributed by atoms with Crippen LogP contribution in [0.5, 0.6) is 0 Å². The molecule has 0 aromatic heterocycles. The fourth-order valence-electron chi connectivity index (χ4n) is 3.44. The maximum atomic E-state index is 12.1. The smallest absolute Gasteiger partial charge is 0.407 e. The van der Waals surface area contributed by atoms with Crippen molar-refractivity contribution in [2.24, 2.45) is 5.92 Å². The number of ether oxygens (including phenoxy) is 2. The number of nitrogens with zero attached hydrogens (tertiary/aromatic N) is 1. The molecule has 1 N–H and O–H groups in total. The second kappa shape index (κ2) is 10.8. The summed E-state index contributed by atoms with van der Waals surface area (Å²) in [7, 11) is 0. The first kappa shape index (κ1) is 20.3. The topological polar surface area (TPSA) is 71.3 Å². The summed E-state index contributed by atoms with van der Waals surface area (Å²) >= 11 is 0. The van der Waals surface area contributed by atoms with Crippen molar-refractivity contribution in [2.75, 3.05) is 0 Å². The number of carbonyl (C=O) groups excluding carboxylic acids is 1. The highest BCUT2D eigenvalue weighted by Gasteiger charge is 2.28. The summed E-state index contributed by atoms with van der Waals surface area (Å²) in [6.07, 6.45) is 5.38. The normalized spacial score (nSPS) is 17.3. The Kier molecular flexibility index (Phi) is 8.43. The van der Waals surface area contributed by atoms with E-state index in [4.69, 9.17) is 9.47 Å². The van der Waals surface area contributed by atoms with Gasteiger partial charge in [-0.15, -0.1) is 0 Å². The summed E-state index contributed by atoms with van der Waals surface area (Å²) in [6.45, 7) is 3.97. The van der Waals surface area contributed by atoms with Crippen molar-refractivity contribution in [1.29, 1.82) is 5.26 Å². The van der Waals surface area contributed by atoms with Gasteiger partial charge in [0, 0.05) is 0 Å². The van der Waals surface area contributed by atoms with E-state index in [0.717, 1.165) is 24.8 Å². The van der Waals surface area contributed by atoms with Crippen LogP contribution in [0.25, 0.3) is 0 Å². The Balaban J connectivity index is 2.00. The molecule has 2 rings (SSSR count). The maximum Gasteiger partial charge on any atom is 0.407 e. The van der Waals surface area contributed by atoms with E-state index in [9.17, 15) is 10.1 Å². The number of nitriles is 1. The molecule has 2 atom stereocenters.